The van der Waals surface area contributed by atoms with E-state index in [4.69, 9.17) is 0 Å². The van der Waals surface area contributed by atoms with Crippen molar-refractivity contribution >= 4 is 11.8 Å². The Balaban J connectivity index is 1.94. The highest BCUT2D eigenvalue weighted by Gasteiger charge is 2.24. The van der Waals surface area contributed by atoms with Crippen LogP contribution in [0.4, 0.5) is 0 Å². The molecule has 5 nitrogen and oxygen atoms in total. The molecule has 0 saturated heterocycles. The predicted molar refractivity (Wildman–Crippen MR) is 95.9 cm³/mol. The highest BCUT2D eigenvalue weighted by Crippen LogP contribution is 2.08. The first kappa shape index (κ1) is 18.2. The van der Waals surface area contributed by atoms with Crippen molar-refractivity contribution in [3.8, 4) is 0 Å². The van der Waals surface area contributed by atoms with Crippen LogP contribution in [0.25, 0.3) is 0 Å². The van der Waals surface area contributed by atoms with Crippen molar-refractivity contribution < 1.29 is 9.59 Å². The highest BCUT2D eigenvalue weighted by molar-refractivity contribution is 5.97. The molecule has 1 aliphatic rings. The molecule has 0 saturated carbocycles. The summed E-state index contributed by atoms with van der Waals surface area (Å²) in [5.41, 5.74) is 2.90. The van der Waals surface area contributed by atoms with Gasteiger partial charge < -0.3 is 16.0 Å². The van der Waals surface area contributed by atoms with E-state index in [0.29, 0.717) is 12.1 Å². The Kier molecular flexibility index (Phi) is 6.55. The van der Waals surface area contributed by atoms with Crippen molar-refractivity contribution in [3.05, 3.63) is 47.0 Å². The van der Waals surface area contributed by atoms with E-state index in [2.05, 4.69) is 22.0 Å². The molecule has 0 bridgehead atoms. The summed E-state index contributed by atoms with van der Waals surface area (Å²) in [6, 6.07) is 6.80. The first-order valence-electron chi connectivity index (χ1n) is 8.51. The van der Waals surface area contributed by atoms with E-state index < -0.39 is 6.04 Å². The van der Waals surface area contributed by atoms with Crippen LogP contribution in [0.5, 0.6) is 0 Å². The summed E-state index contributed by atoms with van der Waals surface area (Å²) in [4.78, 5) is 24.9. The number of rotatable bonds is 6. The van der Waals surface area contributed by atoms with Gasteiger partial charge in [-0.2, -0.15) is 0 Å². The fourth-order valence-corrected chi connectivity index (χ4v) is 2.61. The summed E-state index contributed by atoms with van der Waals surface area (Å²) in [5, 5.41) is 9.05. The monoisotopic (exact) mass is 329 g/mol. The Morgan fingerprint density at radius 1 is 1.21 bits per heavy atom. The second-order valence-corrected chi connectivity index (χ2v) is 6.60. The van der Waals surface area contributed by atoms with Crippen molar-refractivity contribution in [2.45, 2.75) is 33.2 Å². The van der Waals surface area contributed by atoms with Crippen molar-refractivity contribution in [3.63, 3.8) is 0 Å². The predicted octanol–water partition coefficient (Wildman–Crippen LogP) is 1.79. The number of carbonyl (C=O) groups is 2. The Bertz CT molecular complexity index is 606. The molecule has 1 aromatic carbocycles. The van der Waals surface area contributed by atoms with E-state index in [-0.39, 0.29) is 17.7 Å². The molecule has 0 aliphatic carbocycles. The van der Waals surface area contributed by atoms with Crippen molar-refractivity contribution in [1.29, 1.82) is 0 Å². The van der Waals surface area contributed by atoms with Crippen LogP contribution in [0.15, 0.2) is 35.9 Å². The molecule has 1 aliphatic heterocycles. The van der Waals surface area contributed by atoms with Gasteiger partial charge in [0.25, 0.3) is 5.91 Å². The summed E-state index contributed by atoms with van der Waals surface area (Å²) in [5.74, 6) is -0.337. The number of hydrogen-bond donors (Lipinski definition) is 3. The smallest absolute Gasteiger partial charge is 0.251 e. The molecule has 0 spiro atoms. The molecule has 130 valence electrons. The molecule has 2 amide bonds. The molecule has 3 N–H and O–H groups in total. The minimum absolute atomic E-state index is 0.0152. The van der Waals surface area contributed by atoms with Gasteiger partial charge in [0.15, 0.2) is 0 Å². The molecule has 1 aromatic rings. The Hall–Kier alpha value is -2.14. The van der Waals surface area contributed by atoms with E-state index in [9.17, 15) is 9.59 Å². The summed E-state index contributed by atoms with van der Waals surface area (Å²) < 4.78 is 0. The van der Waals surface area contributed by atoms with Crippen molar-refractivity contribution in [2.24, 2.45) is 5.92 Å². The van der Waals surface area contributed by atoms with Crippen LogP contribution in [0.3, 0.4) is 0 Å². The zero-order valence-electron chi connectivity index (χ0n) is 14.7. The van der Waals surface area contributed by atoms with E-state index in [1.54, 1.807) is 12.1 Å². The van der Waals surface area contributed by atoms with Gasteiger partial charge in [-0.25, -0.2) is 0 Å². The summed E-state index contributed by atoms with van der Waals surface area (Å²) in [6.07, 6.45) is 3.06. The van der Waals surface area contributed by atoms with Crippen LogP contribution in [0, 0.1) is 12.8 Å². The maximum atomic E-state index is 12.5. The van der Waals surface area contributed by atoms with Crippen LogP contribution >= 0.6 is 0 Å². The topological polar surface area (TPSA) is 70.2 Å². The van der Waals surface area contributed by atoms with Gasteiger partial charge in [0.1, 0.15) is 6.04 Å². The molecule has 0 aromatic heterocycles. The second-order valence-electron chi connectivity index (χ2n) is 6.60. The normalized spacial score (nSPS) is 15.6. The highest BCUT2D eigenvalue weighted by atomic mass is 16.2. The minimum Gasteiger partial charge on any atom is -0.351 e. The van der Waals surface area contributed by atoms with E-state index in [1.807, 2.05) is 32.9 Å². The first-order chi connectivity index (χ1) is 11.5. The van der Waals surface area contributed by atoms with Gasteiger partial charge in [-0.1, -0.05) is 43.2 Å². The molecule has 1 atom stereocenters. The molecule has 1 unspecified atom stereocenters. The van der Waals surface area contributed by atoms with Crippen LogP contribution in [0.1, 0.15) is 36.2 Å². The lowest BCUT2D eigenvalue weighted by molar-refractivity contribution is -0.123. The average molecular weight is 329 g/mol. The van der Waals surface area contributed by atoms with Gasteiger partial charge in [-0.15, -0.1) is 0 Å². The quantitative estimate of drug-likeness (QED) is 0.697. The van der Waals surface area contributed by atoms with Gasteiger partial charge in [-0.3, -0.25) is 9.59 Å². The van der Waals surface area contributed by atoms with Crippen LogP contribution in [-0.4, -0.2) is 37.5 Å². The summed E-state index contributed by atoms with van der Waals surface area (Å²) in [6.45, 7) is 8.18. The molecule has 0 fully saturated rings. The molecule has 24 heavy (non-hydrogen) atoms. The maximum Gasteiger partial charge on any atom is 0.251 e. The van der Waals surface area contributed by atoms with Crippen molar-refractivity contribution in [1.82, 2.24) is 16.0 Å². The van der Waals surface area contributed by atoms with E-state index in [1.165, 1.54) is 5.57 Å². The van der Waals surface area contributed by atoms with E-state index >= 15 is 0 Å². The fraction of sp³-hybridized carbons (Fsp3) is 0.474. The lowest BCUT2D eigenvalue weighted by atomic mass is 10.0. The Morgan fingerprint density at radius 2 is 1.92 bits per heavy atom. The SMILES string of the molecule is Cc1ccc(C(=O)NC(C(=O)NCC2=CCNCC2)C(C)C)cc1. The van der Waals surface area contributed by atoms with Gasteiger partial charge >= 0.3 is 0 Å². The number of carbonyl (C=O) groups excluding carboxylic acids is 2. The van der Waals surface area contributed by atoms with Crippen LogP contribution < -0.4 is 16.0 Å². The first-order valence-corrected chi connectivity index (χ1v) is 8.51. The van der Waals surface area contributed by atoms with Gasteiger partial charge in [0, 0.05) is 18.7 Å². The molecule has 0 radical (unpaired) electrons. The lowest BCUT2D eigenvalue weighted by Crippen LogP contribution is -2.50. The maximum absolute atomic E-state index is 12.5. The van der Waals surface area contributed by atoms with Crippen molar-refractivity contribution in [2.75, 3.05) is 19.6 Å². The molecular formula is C19H27N3O2. The largest absolute Gasteiger partial charge is 0.351 e. The molecular weight excluding hydrogens is 302 g/mol. The Labute approximate surface area is 143 Å². The van der Waals surface area contributed by atoms with E-state index in [0.717, 1.165) is 25.1 Å². The van der Waals surface area contributed by atoms with Gasteiger partial charge in [0.05, 0.1) is 0 Å². The minimum atomic E-state index is -0.541. The summed E-state index contributed by atoms with van der Waals surface area (Å²) in [7, 11) is 0. The number of aryl methyl sites for hydroxylation is 1. The van der Waals surface area contributed by atoms with Crippen LogP contribution in [-0.2, 0) is 4.79 Å². The number of nitrogens with one attached hydrogen (secondary N) is 3. The summed E-state index contributed by atoms with van der Waals surface area (Å²) >= 11 is 0. The number of amides is 2. The molecule has 2 rings (SSSR count). The molecule has 1 heterocycles. The zero-order valence-corrected chi connectivity index (χ0v) is 14.7. The third kappa shape index (κ3) is 5.20. The third-order valence-corrected chi connectivity index (χ3v) is 4.20. The number of hydrogen-bond acceptors (Lipinski definition) is 3. The van der Waals surface area contributed by atoms with Gasteiger partial charge in [-0.05, 0) is 37.9 Å². The lowest BCUT2D eigenvalue weighted by Gasteiger charge is -2.23. The standard InChI is InChI=1S/C19H27N3O2/c1-13(2)17(19(24)21-12-15-8-10-20-11-9-15)22-18(23)16-6-4-14(3)5-7-16/h4-8,13,17,20H,9-12H2,1-3H3,(H,21,24)(H,22,23). The second kappa shape index (κ2) is 8.64. The zero-order chi connectivity index (χ0) is 17.5. The Morgan fingerprint density at radius 3 is 2.50 bits per heavy atom. The molecule has 5 heteroatoms. The number of benzene rings is 1. The third-order valence-electron chi connectivity index (χ3n) is 4.20. The average Bonchev–Trinajstić information content (AvgIpc) is 2.58. The van der Waals surface area contributed by atoms with Gasteiger partial charge in [0.2, 0.25) is 5.91 Å². The van der Waals surface area contributed by atoms with Crippen LogP contribution in [0.2, 0.25) is 0 Å². The fourth-order valence-electron chi connectivity index (χ4n) is 2.61.